The number of aromatic hydroxyl groups is 1. The Bertz CT molecular complexity index is 1150. The molecule has 3 aliphatic heterocycles. The fraction of sp³-hybridized carbons (Fsp3) is 0.368. The van der Waals surface area contributed by atoms with Gasteiger partial charge in [-0.05, 0) is 46.7 Å². The third kappa shape index (κ3) is 3.88. The number of likely N-dealkylation sites (tertiary alicyclic amines) is 1. The number of phenols is 1. The molecule has 1 unspecified atom stereocenters. The number of urea groups is 1. The van der Waals surface area contributed by atoms with Crippen molar-refractivity contribution in [2.24, 2.45) is 13.0 Å². The van der Waals surface area contributed by atoms with Crippen molar-refractivity contribution in [2.45, 2.75) is 23.7 Å². The van der Waals surface area contributed by atoms with Gasteiger partial charge >= 0.3 is 35.6 Å². The van der Waals surface area contributed by atoms with Gasteiger partial charge in [0.2, 0.25) is 5.16 Å². The van der Waals surface area contributed by atoms with Crippen LogP contribution >= 0.6 is 11.8 Å². The number of hydrogen-bond donors (Lipinski definition) is 2. The van der Waals surface area contributed by atoms with E-state index in [4.69, 9.17) is 0 Å². The molecule has 3 aliphatic rings. The van der Waals surface area contributed by atoms with E-state index in [1.54, 1.807) is 19.2 Å². The quantitative estimate of drug-likeness (QED) is 0.190. The number of nitrogens with one attached hydrogen (secondary N) is 1. The maximum absolute atomic E-state index is 12.9. The molecule has 4 heterocycles. The summed E-state index contributed by atoms with van der Waals surface area (Å²) in [7, 11) is 1.68. The van der Waals surface area contributed by atoms with Crippen LogP contribution in [0.5, 0.6) is 5.75 Å². The van der Waals surface area contributed by atoms with Crippen molar-refractivity contribution in [3.05, 3.63) is 35.5 Å². The number of hydrogen-bond acceptors (Lipinski definition) is 9. The summed E-state index contributed by atoms with van der Waals surface area (Å²) in [5.74, 6) is -1.65. The van der Waals surface area contributed by atoms with E-state index in [-0.39, 0.29) is 46.9 Å². The molecule has 1 aromatic carbocycles. The van der Waals surface area contributed by atoms with Gasteiger partial charge in [-0.2, -0.15) is 0 Å². The molecule has 0 radical (unpaired) electrons. The van der Waals surface area contributed by atoms with E-state index in [9.17, 15) is 24.6 Å². The molecule has 166 valence electrons. The number of anilines is 1. The number of rotatable bonds is 5. The van der Waals surface area contributed by atoms with E-state index in [0.717, 1.165) is 0 Å². The van der Waals surface area contributed by atoms with Gasteiger partial charge in [-0.1, -0.05) is 11.8 Å². The molecule has 2 N–H and O–H groups in total. The van der Waals surface area contributed by atoms with E-state index in [2.05, 4.69) is 20.8 Å². The summed E-state index contributed by atoms with van der Waals surface area (Å²) in [6.45, 7) is 0.301. The van der Waals surface area contributed by atoms with E-state index in [0.29, 0.717) is 35.1 Å². The van der Waals surface area contributed by atoms with Crippen molar-refractivity contribution in [3.63, 3.8) is 0 Å². The zero-order chi connectivity index (χ0) is 22.6. The normalized spacial score (nSPS) is 23.1. The number of carbonyl (C=O) groups excluding carboxylic acids is 3. The van der Waals surface area contributed by atoms with Crippen LogP contribution in [0.1, 0.15) is 6.42 Å². The largest absolute Gasteiger partial charge is 1.00 e. The summed E-state index contributed by atoms with van der Waals surface area (Å²) in [5, 5.41) is 35.8. The molecule has 33 heavy (non-hydrogen) atoms. The second kappa shape index (κ2) is 8.97. The molecule has 5 rings (SSSR count). The summed E-state index contributed by atoms with van der Waals surface area (Å²) in [4.78, 5) is 40.4. The molecule has 12 nitrogen and oxygen atoms in total. The van der Waals surface area contributed by atoms with Crippen molar-refractivity contribution in [1.82, 2.24) is 30.0 Å². The number of nitrogens with zero attached hydrogens (tertiary/aromatic N) is 6. The number of carbonyl (C=O) groups is 3. The molecule has 1 aromatic heterocycles. The first-order chi connectivity index (χ1) is 15.4. The number of benzene rings is 1. The number of thioether (sulfide) groups is 1. The first kappa shape index (κ1) is 23.5. The topological polar surface area (TPSA) is 157 Å². The number of tetrazole rings is 1. The number of β-lactam (4-membered cyclic amide) rings is 1. The van der Waals surface area contributed by atoms with Gasteiger partial charge in [-0.3, -0.25) is 4.79 Å². The smallest absolute Gasteiger partial charge is 0.543 e. The molecule has 2 aromatic rings. The summed E-state index contributed by atoms with van der Waals surface area (Å²) in [5.41, 5.74) is 0.981. The third-order valence-corrected chi connectivity index (χ3v) is 7.10. The second-order valence-corrected chi connectivity index (χ2v) is 8.69. The number of phenolic OH excluding ortho intramolecular Hbond substituents is 1. The number of aromatic nitrogens is 4. The summed E-state index contributed by atoms with van der Waals surface area (Å²) in [6, 6.07) is 4.38. The average molecular weight is 479 g/mol. The van der Waals surface area contributed by atoms with Crippen LogP contribution < -0.4 is 40.0 Å². The first-order valence-electron chi connectivity index (χ1n) is 9.86. The molecule has 3 atom stereocenters. The van der Waals surface area contributed by atoms with E-state index in [1.165, 1.54) is 38.4 Å². The van der Waals surface area contributed by atoms with Crippen molar-refractivity contribution in [1.29, 1.82) is 0 Å². The third-order valence-electron chi connectivity index (χ3n) is 6.04. The Morgan fingerprint density at radius 3 is 2.67 bits per heavy atom. The first-order valence-corrected chi connectivity index (χ1v) is 10.8. The molecule has 0 aliphatic carbocycles. The van der Waals surface area contributed by atoms with E-state index < -0.39 is 30.0 Å². The van der Waals surface area contributed by atoms with E-state index >= 15 is 0 Å². The number of piperidine rings is 1. The Morgan fingerprint density at radius 2 is 2.03 bits per heavy atom. The zero-order valence-corrected chi connectivity index (χ0v) is 20.7. The Hall–Kier alpha value is -2.61. The number of aliphatic carboxylic acids is 1. The van der Waals surface area contributed by atoms with Gasteiger partial charge in [0.25, 0.3) is 5.91 Å². The van der Waals surface area contributed by atoms with Gasteiger partial charge in [-0.15, -0.1) is 5.10 Å². The molecule has 3 amide bonds. The number of amides is 3. The van der Waals surface area contributed by atoms with Gasteiger partial charge in [0.1, 0.15) is 11.8 Å². The SMILES string of the molecule is Cn1nnnc1SCC1=C(C(=O)[O-])N2C(=O)[C@@H]3[C@H]2C1CCN3C(=O)Nc1ccc(O)cc1.[Na+]. The van der Waals surface area contributed by atoms with Crippen molar-refractivity contribution >= 4 is 35.4 Å². The monoisotopic (exact) mass is 479 g/mol. The van der Waals surface area contributed by atoms with Gasteiger partial charge in [0, 0.05) is 31.0 Å². The molecule has 0 saturated carbocycles. The second-order valence-electron chi connectivity index (χ2n) is 7.74. The van der Waals surface area contributed by atoms with Gasteiger partial charge in [0.15, 0.2) is 0 Å². The fourth-order valence-electron chi connectivity index (χ4n) is 4.63. The van der Waals surface area contributed by atoms with Crippen LogP contribution in [-0.2, 0) is 16.6 Å². The van der Waals surface area contributed by atoms with Crippen molar-refractivity contribution in [3.8, 4) is 5.75 Å². The van der Waals surface area contributed by atoms with Crippen LogP contribution in [0.3, 0.4) is 0 Å². The van der Waals surface area contributed by atoms with Gasteiger partial charge in [-0.25, -0.2) is 9.48 Å². The van der Waals surface area contributed by atoms with Crippen molar-refractivity contribution in [2.75, 3.05) is 17.6 Å². The zero-order valence-electron chi connectivity index (χ0n) is 17.8. The molecule has 2 fully saturated rings. The molecule has 0 spiro atoms. The maximum atomic E-state index is 12.9. The summed E-state index contributed by atoms with van der Waals surface area (Å²) < 4.78 is 1.48. The molecular formula is C19H18N7NaO5S. The number of carboxylic acids is 1. The minimum Gasteiger partial charge on any atom is -0.543 e. The molecule has 0 bridgehead atoms. The average Bonchev–Trinajstić information content (AvgIpc) is 3.32. The van der Waals surface area contributed by atoms with Crippen LogP contribution in [0.2, 0.25) is 0 Å². The minimum absolute atomic E-state index is 0. The molecular weight excluding hydrogens is 461 g/mol. The Labute approximate surface area is 214 Å². The Balaban J connectivity index is 0.00000259. The number of aryl methyl sites for hydroxylation is 1. The van der Waals surface area contributed by atoms with Crippen LogP contribution in [-0.4, -0.2) is 77.4 Å². The number of carboxylic acid groups (broad SMARTS) is 1. The summed E-state index contributed by atoms with van der Waals surface area (Å²) in [6.07, 6.45) is 0.512. The van der Waals surface area contributed by atoms with Crippen LogP contribution in [0.15, 0.2) is 40.7 Å². The molecule has 2 saturated heterocycles. The molecule has 14 heteroatoms. The van der Waals surface area contributed by atoms with Crippen LogP contribution in [0.25, 0.3) is 0 Å². The van der Waals surface area contributed by atoms with Crippen molar-refractivity contribution < 1.29 is 54.2 Å². The predicted molar refractivity (Wildman–Crippen MR) is 108 cm³/mol. The van der Waals surface area contributed by atoms with Crippen LogP contribution in [0.4, 0.5) is 10.5 Å². The van der Waals surface area contributed by atoms with Gasteiger partial charge in [0.05, 0.1) is 17.7 Å². The van der Waals surface area contributed by atoms with E-state index in [1.807, 2.05) is 0 Å². The minimum atomic E-state index is -1.40. The Kier molecular flexibility index (Phi) is 6.40. The Morgan fingerprint density at radius 1 is 1.30 bits per heavy atom. The fourth-order valence-corrected chi connectivity index (χ4v) is 5.58. The van der Waals surface area contributed by atoms with Crippen LogP contribution in [0, 0.1) is 5.92 Å². The standard InChI is InChI=1S/C19H19N7O5S.Na/c1-24-19(21-22-23-24)32-8-12-11-6-7-25(18(31)20-9-2-4-10(27)5-3-9)15-13(11)26(16(15)28)14(12)17(29)30;/h2-5,11,13,15,27H,6-8H2,1H3,(H,20,31)(H,29,30);/q;+1/p-1/t11?,13-,15+;/m1./s1. The summed E-state index contributed by atoms with van der Waals surface area (Å²) >= 11 is 1.29. The predicted octanol–water partition coefficient (Wildman–Crippen LogP) is -3.84. The van der Waals surface area contributed by atoms with Gasteiger partial charge < -0.3 is 30.1 Å². The maximum Gasteiger partial charge on any atom is 1.00 e.